The summed E-state index contributed by atoms with van der Waals surface area (Å²) in [5.74, 6) is -0.841. The zero-order valence-electron chi connectivity index (χ0n) is 13.3. The highest BCUT2D eigenvalue weighted by Gasteiger charge is 2.12. The number of nitrogens with zero attached hydrogens (tertiary/aromatic N) is 2. The minimum atomic E-state index is -0.544. The molecule has 2 heterocycles. The minimum absolute atomic E-state index is 0.0242. The molecule has 0 spiro atoms. The number of anilines is 1. The summed E-state index contributed by atoms with van der Waals surface area (Å²) in [4.78, 5) is 13.4. The zero-order valence-corrected chi connectivity index (χ0v) is 15.0. The van der Waals surface area contributed by atoms with E-state index in [1.54, 1.807) is 28.3 Å². The fraction of sp³-hybridized carbons (Fsp3) is 0.176. The lowest BCUT2D eigenvalue weighted by atomic mass is 10.3. The maximum absolute atomic E-state index is 13.6. The van der Waals surface area contributed by atoms with Crippen molar-refractivity contribution in [2.45, 2.75) is 18.4 Å². The molecule has 0 atom stereocenters. The molecule has 0 saturated carbocycles. The number of thiophene rings is 1. The highest BCUT2D eigenvalue weighted by molar-refractivity contribution is 8.00. The van der Waals surface area contributed by atoms with Crippen molar-refractivity contribution in [1.29, 1.82) is 0 Å². The molecule has 1 N–H and O–H groups in total. The van der Waals surface area contributed by atoms with Crippen LogP contribution < -0.4 is 5.32 Å². The number of carbonyl (C=O) groups excluding carboxylic acids is 1. The summed E-state index contributed by atoms with van der Waals surface area (Å²) in [5.41, 5.74) is 1.18. The SMILES string of the molecule is Cc1ccsc1Cn1nccc1NC(=O)CSc1cc(F)ccc1F. The quantitative estimate of drug-likeness (QED) is 0.649. The third kappa shape index (κ3) is 4.46. The van der Waals surface area contributed by atoms with E-state index in [0.717, 1.165) is 34.8 Å². The molecule has 1 aromatic carbocycles. The molecule has 0 bridgehead atoms. The Morgan fingerprint density at radius 3 is 2.92 bits per heavy atom. The number of nitrogens with one attached hydrogen (secondary N) is 1. The van der Waals surface area contributed by atoms with E-state index in [-0.39, 0.29) is 16.6 Å². The fourth-order valence-corrected chi connectivity index (χ4v) is 3.82. The van der Waals surface area contributed by atoms with Gasteiger partial charge in [0.1, 0.15) is 17.5 Å². The van der Waals surface area contributed by atoms with Gasteiger partial charge in [0.15, 0.2) is 0 Å². The Morgan fingerprint density at radius 1 is 1.32 bits per heavy atom. The van der Waals surface area contributed by atoms with Crippen LogP contribution in [0.3, 0.4) is 0 Å². The van der Waals surface area contributed by atoms with Crippen molar-refractivity contribution < 1.29 is 13.6 Å². The van der Waals surface area contributed by atoms with Crippen LogP contribution in [0.25, 0.3) is 0 Å². The Morgan fingerprint density at radius 2 is 2.16 bits per heavy atom. The van der Waals surface area contributed by atoms with Crippen LogP contribution in [-0.4, -0.2) is 21.4 Å². The summed E-state index contributed by atoms with van der Waals surface area (Å²) in [6.07, 6.45) is 1.61. The van der Waals surface area contributed by atoms with Gasteiger partial charge in [0.05, 0.1) is 18.5 Å². The van der Waals surface area contributed by atoms with E-state index in [9.17, 15) is 13.6 Å². The van der Waals surface area contributed by atoms with E-state index in [1.165, 1.54) is 5.56 Å². The Kier molecular flexibility index (Phi) is 5.50. The molecular weight excluding hydrogens is 364 g/mol. The molecule has 3 aromatic rings. The molecule has 0 radical (unpaired) electrons. The number of aryl methyl sites for hydroxylation is 1. The van der Waals surface area contributed by atoms with Gasteiger partial charge in [-0.2, -0.15) is 5.10 Å². The molecule has 0 saturated heterocycles. The standard InChI is InChI=1S/C17H15F2N3OS2/c1-11-5-7-24-15(11)9-22-16(4-6-20-22)21-17(23)10-25-14-8-12(18)2-3-13(14)19/h2-8H,9-10H2,1H3,(H,21,23). The molecule has 0 aliphatic rings. The number of hydrogen-bond donors (Lipinski definition) is 1. The van der Waals surface area contributed by atoms with Crippen molar-refractivity contribution in [3.05, 3.63) is 64.0 Å². The average Bonchev–Trinajstić information content (AvgIpc) is 3.18. The highest BCUT2D eigenvalue weighted by Crippen LogP contribution is 2.23. The van der Waals surface area contributed by atoms with Gasteiger partial charge in [-0.1, -0.05) is 0 Å². The lowest BCUT2D eigenvalue weighted by molar-refractivity contribution is -0.113. The van der Waals surface area contributed by atoms with Crippen molar-refractivity contribution in [2.75, 3.05) is 11.1 Å². The predicted molar refractivity (Wildman–Crippen MR) is 96.1 cm³/mol. The van der Waals surface area contributed by atoms with Gasteiger partial charge in [0.2, 0.25) is 5.91 Å². The fourth-order valence-electron chi connectivity index (χ4n) is 2.18. The first-order valence-corrected chi connectivity index (χ1v) is 9.32. The summed E-state index contributed by atoms with van der Waals surface area (Å²) < 4.78 is 28.4. The summed E-state index contributed by atoms with van der Waals surface area (Å²) in [6, 6.07) is 6.91. The van der Waals surface area contributed by atoms with Gasteiger partial charge in [-0.3, -0.25) is 4.79 Å². The average molecular weight is 379 g/mol. The largest absolute Gasteiger partial charge is 0.310 e. The van der Waals surface area contributed by atoms with Gasteiger partial charge in [-0.05, 0) is 42.1 Å². The lowest BCUT2D eigenvalue weighted by Gasteiger charge is -2.09. The molecule has 1 amide bonds. The second kappa shape index (κ2) is 7.79. The van der Waals surface area contributed by atoms with E-state index in [2.05, 4.69) is 10.4 Å². The zero-order chi connectivity index (χ0) is 17.8. The first-order chi connectivity index (χ1) is 12.0. The summed E-state index contributed by atoms with van der Waals surface area (Å²) in [6.45, 7) is 2.59. The summed E-state index contributed by atoms with van der Waals surface area (Å²) >= 11 is 2.58. The van der Waals surface area contributed by atoms with Crippen molar-refractivity contribution >= 4 is 34.8 Å². The minimum Gasteiger partial charge on any atom is -0.310 e. The van der Waals surface area contributed by atoms with Crippen LogP contribution in [0.4, 0.5) is 14.6 Å². The van der Waals surface area contributed by atoms with Gasteiger partial charge < -0.3 is 5.32 Å². The Hall–Kier alpha value is -2.19. The molecule has 4 nitrogen and oxygen atoms in total. The van der Waals surface area contributed by atoms with E-state index in [0.29, 0.717) is 12.4 Å². The topological polar surface area (TPSA) is 46.9 Å². The second-order valence-corrected chi connectivity index (χ2v) is 7.33. The lowest BCUT2D eigenvalue weighted by Crippen LogP contribution is -2.17. The molecule has 0 fully saturated rings. The number of rotatable bonds is 6. The number of amides is 1. The maximum atomic E-state index is 13.6. The number of thioether (sulfide) groups is 1. The second-order valence-electron chi connectivity index (χ2n) is 5.31. The van der Waals surface area contributed by atoms with Crippen LogP contribution in [0.15, 0.2) is 46.8 Å². The van der Waals surface area contributed by atoms with E-state index in [4.69, 9.17) is 0 Å². The van der Waals surface area contributed by atoms with Gasteiger partial charge in [0.25, 0.3) is 0 Å². The van der Waals surface area contributed by atoms with Crippen LogP contribution in [0.5, 0.6) is 0 Å². The van der Waals surface area contributed by atoms with Crippen LogP contribution in [-0.2, 0) is 11.3 Å². The Labute approximate surface area is 151 Å². The predicted octanol–water partition coefficient (Wildman–Crippen LogP) is 4.31. The summed E-state index contributed by atoms with van der Waals surface area (Å²) in [7, 11) is 0. The molecule has 25 heavy (non-hydrogen) atoms. The normalized spacial score (nSPS) is 10.8. The Balaban J connectivity index is 1.61. The molecule has 2 aromatic heterocycles. The Bertz CT molecular complexity index is 892. The van der Waals surface area contributed by atoms with E-state index >= 15 is 0 Å². The van der Waals surface area contributed by atoms with Gasteiger partial charge >= 0.3 is 0 Å². The first kappa shape index (κ1) is 17.6. The number of carbonyl (C=O) groups is 1. The van der Waals surface area contributed by atoms with Crippen molar-refractivity contribution in [3.8, 4) is 0 Å². The monoisotopic (exact) mass is 379 g/mol. The smallest absolute Gasteiger partial charge is 0.235 e. The number of benzene rings is 1. The summed E-state index contributed by atoms with van der Waals surface area (Å²) in [5, 5.41) is 8.99. The maximum Gasteiger partial charge on any atom is 0.235 e. The third-order valence-electron chi connectivity index (χ3n) is 3.50. The van der Waals surface area contributed by atoms with Crippen LogP contribution in [0.1, 0.15) is 10.4 Å². The number of aromatic nitrogens is 2. The van der Waals surface area contributed by atoms with Crippen molar-refractivity contribution in [2.24, 2.45) is 0 Å². The molecule has 0 unspecified atom stereocenters. The molecule has 3 rings (SSSR count). The molecule has 0 aliphatic carbocycles. The van der Waals surface area contributed by atoms with E-state index < -0.39 is 11.6 Å². The highest BCUT2D eigenvalue weighted by atomic mass is 32.2. The molecule has 0 aliphatic heterocycles. The van der Waals surface area contributed by atoms with Gasteiger partial charge in [0, 0.05) is 15.8 Å². The first-order valence-electron chi connectivity index (χ1n) is 7.45. The number of halogens is 2. The van der Waals surface area contributed by atoms with Crippen LogP contribution >= 0.6 is 23.1 Å². The van der Waals surface area contributed by atoms with E-state index in [1.807, 2.05) is 18.4 Å². The van der Waals surface area contributed by atoms with Crippen LogP contribution in [0, 0.1) is 18.6 Å². The molecular formula is C17H15F2N3OS2. The van der Waals surface area contributed by atoms with Crippen LogP contribution in [0.2, 0.25) is 0 Å². The van der Waals surface area contributed by atoms with Gasteiger partial charge in [-0.25, -0.2) is 13.5 Å². The van der Waals surface area contributed by atoms with Gasteiger partial charge in [-0.15, -0.1) is 23.1 Å². The number of hydrogen-bond acceptors (Lipinski definition) is 4. The molecule has 130 valence electrons. The van der Waals surface area contributed by atoms with Crippen molar-refractivity contribution in [3.63, 3.8) is 0 Å². The third-order valence-corrected chi connectivity index (χ3v) is 5.54. The molecule has 8 heteroatoms. The van der Waals surface area contributed by atoms with Crippen molar-refractivity contribution in [1.82, 2.24) is 9.78 Å².